The quantitative estimate of drug-likeness (QED) is 0.594. The van der Waals surface area contributed by atoms with Gasteiger partial charge in [-0.05, 0) is 18.8 Å². The smallest absolute Gasteiger partial charge is 0.0201 e. The molecule has 0 atom stereocenters. The molecule has 0 spiro atoms. The van der Waals surface area contributed by atoms with Crippen molar-refractivity contribution in [2.75, 3.05) is 19.6 Å². The Labute approximate surface area is 90.1 Å². The van der Waals surface area contributed by atoms with Crippen molar-refractivity contribution in [1.29, 1.82) is 0 Å². The van der Waals surface area contributed by atoms with E-state index >= 15 is 0 Å². The molecule has 1 heterocycles. The number of rotatable bonds is 2. The van der Waals surface area contributed by atoms with Crippen LogP contribution in [0.4, 0.5) is 0 Å². The summed E-state index contributed by atoms with van der Waals surface area (Å²) >= 11 is 4.64. The normalized spacial score (nSPS) is 23.4. The Kier molecular flexibility index (Phi) is 4.83. The van der Waals surface area contributed by atoms with Crippen LogP contribution >= 0.6 is 45.7 Å². The number of hydrogen-bond donors (Lipinski definition) is 1. The third-order valence-electron chi connectivity index (χ3n) is 1.93. The molecule has 1 aliphatic rings. The maximum absolute atomic E-state index is 3.20. The first-order valence-corrected chi connectivity index (χ1v) is 5.61. The van der Waals surface area contributed by atoms with Crippen molar-refractivity contribution < 1.29 is 0 Å². The van der Waals surface area contributed by atoms with E-state index in [1.807, 2.05) is 0 Å². The largest absolute Gasteiger partial charge is 0.261 e. The van der Waals surface area contributed by atoms with E-state index in [2.05, 4.69) is 52.4 Å². The molecule has 1 saturated heterocycles. The highest BCUT2D eigenvalue weighted by atomic mass is 127. The first-order chi connectivity index (χ1) is 4.83. The Hall–Kier alpha value is 1.38. The van der Waals surface area contributed by atoms with Gasteiger partial charge in [-0.1, -0.05) is 0 Å². The van der Waals surface area contributed by atoms with Crippen molar-refractivity contribution in [3.05, 3.63) is 0 Å². The number of hydrogen-bond acceptors (Lipinski definition) is 2. The van der Waals surface area contributed by atoms with Crippen LogP contribution in [0.5, 0.6) is 0 Å². The molecule has 1 aliphatic heterocycles. The van der Waals surface area contributed by atoms with E-state index in [1.54, 1.807) is 0 Å². The number of nitrogens with zero attached hydrogens (tertiary/aromatic N) is 1. The summed E-state index contributed by atoms with van der Waals surface area (Å²) < 4.78 is 5.58. The molecule has 10 heavy (non-hydrogen) atoms. The van der Waals surface area contributed by atoms with Gasteiger partial charge in [0.15, 0.2) is 0 Å². The molecule has 0 radical (unpaired) electrons. The van der Waals surface area contributed by atoms with Gasteiger partial charge >= 0.3 is 0 Å². The molecule has 2 nitrogen and oxygen atoms in total. The summed E-state index contributed by atoms with van der Waals surface area (Å²) in [6.07, 6.45) is 2.72. The van der Waals surface area contributed by atoms with Crippen LogP contribution in [-0.2, 0) is 0 Å². The van der Waals surface area contributed by atoms with Gasteiger partial charge in [-0.3, -0.25) is 3.53 Å². The van der Waals surface area contributed by atoms with Gasteiger partial charge in [0.2, 0.25) is 0 Å². The number of piperidine rings is 1. The zero-order valence-electron chi connectivity index (χ0n) is 5.82. The summed E-state index contributed by atoms with van der Waals surface area (Å²) in [6.45, 7) is 3.72. The van der Waals surface area contributed by atoms with Crippen LogP contribution < -0.4 is 3.53 Å². The van der Waals surface area contributed by atoms with Crippen molar-refractivity contribution in [3.63, 3.8) is 0 Å². The summed E-state index contributed by atoms with van der Waals surface area (Å²) in [5.74, 6) is 0.919. The second kappa shape index (κ2) is 5.10. The van der Waals surface area contributed by atoms with Crippen LogP contribution in [0, 0.1) is 5.92 Å². The van der Waals surface area contributed by atoms with Crippen molar-refractivity contribution >= 4 is 45.7 Å². The SMILES string of the molecule is INCC1CCN(I)CC1. The molecule has 0 aliphatic carbocycles. The molecular weight excluding hydrogens is 354 g/mol. The van der Waals surface area contributed by atoms with Gasteiger partial charge in [0.1, 0.15) is 0 Å². The summed E-state index contributed by atoms with van der Waals surface area (Å²) in [5.41, 5.74) is 0. The molecule has 0 unspecified atom stereocenters. The van der Waals surface area contributed by atoms with Crippen LogP contribution in [-0.4, -0.2) is 22.7 Å². The van der Waals surface area contributed by atoms with Crippen LogP contribution in [0.25, 0.3) is 0 Å². The van der Waals surface area contributed by atoms with E-state index in [9.17, 15) is 0 Å². The predicted octanol–water partition coefficient (Wildman–Crippen LogP) is 1.99. The van der Waals surface area contributed by atoms with Crippen LogP contribution in [0.3, 0.4) is 0 Å². The van der Waals surface area contributed by atoms with Gasteiger partial charge in [0.25, 0.3) is 0 Å². The van der Waals surface area contributed by atoms with Gasteiger partial charge in [-0.15, -0.1) is 0 Å². The molecule has 0 amide bonds. The minimum absolute atomic E-state index is 0.919. The van der Waals surface area contributed by atoms with E-state index in [-0.39, 0.29) is 0 Å². The van der Waals surface area contributed by atoms with Gasteiger partial charge < -0.3 is 0 Å². The zero-order valence-corrected chi connectivity index (χ0v) is 10.1. The first kappa shape index (κ1) is 9.47. The maximum atomic E-state index is 3.20. The van der Waals surface area contributed by atoms with Crippen molar-refractivity contribution in [2.24, 2.45) is 5.92 Å². The Bertz CT molecular complexity index is 91.7. The standard InChI is InChI=1S/C6H12I2N2/c7-9-5-6-1-3-10(8)4-2-6/h6,9H,1-5H2. The molecular formula is C6H12I2N2. The molecule has 1 rings (SSSR count). The fraction of sp³-hybridized carbons (Fsp3) is 1.00. The monoisotopic (exact) mass is 366 g/mol. The Balaban J connectivity index is 2.13. The van der Waals surface area contributed by atoms with E-state index < -0.39 is 0 Å². The number of nitrogens with one attached hydrogen (secondary N) is 1. The molecule has 0 aromatic rings. The highest BCUT2D eigenvalue weighted by Crippen LogP contribution is 2.18. The topological polar surface area (TPSA) is 15.3 Å². The summed E-state index contributed by atoms with van der Waals surface area (Å²) in [5, 5.41) is 0. The van der Waals surface area contributed by atoms with Crippen LogP contribution in [0.15, 0.2) is 0 Å². The fourth-order valence-electron chi connectivity index (χ4n) is 1.21. The molecule has 0 aromatic heterocycles. The summed E-state index contributed by atoms with van der Waals surface area (Å²) in [7, 11) is 0. The second-order valence-electron chi connectivity index (χ2n) is 2.69. The molecule has 0 saturated carbocycles. The maximum Gasteiger partial charge on any atom is 0.0201 e. The molecule has 60 valence electrons. The molecule has 0 bridgehead atoms. The van der Waals surface area contributed by atoms with E-state index in [1.165, 1.54) is 32.5 Å². The zero-order chi connectivity index (χ0) is 7.40. The minimum atomic E-state index is 0.919. The van der Waals surface area contributed by atoms with Crippen LogP contribution in [0.2, 0.25) is 0 Å². The summed E-state index contributed by atoms with van der Waals surface area (Å²) in [4.78, 5) is 0. The third-order valence-corrected chi connectivity index (χ3v) is 3.33. The highest BCUT2D eigenvalue weighted by Gasteiger charge is 2.16. The average Bonchev–Trinajstić information content (AvgIpc) is 1.95. The molecule has 4 heteroatoms. The number of halogens is 2. The lowest BCUT2D eigenvalue weighted by Gasteiger charge is -2.26. The lowest BCUT2D eigenvalue weighted by Crippen LogP contribution is -2.29. The highest BCUT2D eigenvalue weighted by molar-refractivity contribution is 14.1. The van der Waals surface area contributed by atoms with Gasteiger partial charge in [0.05, 0.1) is 0 Å². The molecule has 1 fully saturated rings. The Morgan fingerprint density at radius 1 is 1.40 bits per heavy atom. The predicted molar refractivity (Wildman–Crippen MR) is 60.3 cm³/mol. The minimum Gasteiger partial charge on any atom is -0.261 e. The molecule has 0 aromatic carbocycles. The lowest BCUT2D eigenvalue weighted by molar-refractivity contribution is 0.312. The van der Waals surface area contributed by atoms with Gasteiger partial charge in [0, 0.05) is 65.4 Å². The second-order valence-corrected chi connectivity index (χ2v) is 4.82. The third kappa shape index (κ3) is 3.19. The first-order valence-electron chi connectivity index (χ1n) is 3.57. The lowest BCUT2D eigenvalue weighted by atomic mass is 9.99. The van der Waals surface area contributed by atoms with Crippen molar-refractivity contribution in [2.45, 2.75) is 12.8 Å². The van der Waals surface area contributed by atoms with Crippen molar-refractivity contribution in [3.8, 4) is 0 Å². The van der Waals surface area contributed by atoms with Gasteiger partial charge in [-0.2, -0.15) is 0 Å². The summed E-state index contributed by atoms with van der Waals surface area (Å²) in [6, 6.07) is 0. The van der Waals surface area contributed by atoms with E-state index in [0.717, 1.165) is 5.92 Å². The fourth-order valence-corrected chi connectivity index (χ4v) is 2.39. The average molecular weight is 366 g/mol. The van der Waals surface area contributed by atoms with Crippen molar-refractivity contribution in [1.82, 2.24) is 6.64 Å². The van der Waals surface area contributed by atoms with E-state index in [4.69, 9.17) is 0 Å². The van der Waals surface area contributed by atoms with Crippen LogP contribution in [0.1, 0.15) is 12.8 Å². The molecule has 1 N–H and O–H groups in total. The Morgan fingerprint density at radius 2 is 2.00 bits per heavy atom. The van der Waals surface area contributed by atoms with Gasteiger partial charge in [-0.25, -0.2) is 3.11 Å². The Morgan fingerprint density at radius 3 is 2.50 bits per heavy atom. The van der Waals surface area contributed by atoms with E-state index in [0.29, 0.717) is 0 Å².